The van der Waals surface area contributed by atoms with Crippen LogP contribution in [0.25, 0.3) is 0 Å². The smallest absolute Gasteiger partial charge is 0.320 e. The van der Waals surface area contributed by atoms with E-state index >= 15 is 0 Å². The van der Waals surface area contributed by atoms with E-state index < -0.39 is 0 Å². The van der Waals surface area contributed by atoms with Crippen LogP contribution in [0, 0.1) is 40.4 Å². The molecule has 0 spiro atoms. The minimum Gasteiger partial charge on any atom is -0.393 e. The van der Waals surface area contributed by atoms with Gasteiger partial charge < -0.3 is 19.8 Å². The van der Waals surface area contributed by atoms with Crippen LogP contribution in [-0.4, -0.2) is 76.6 Å². The molecule has 2 aliphatic heterocycles. The van der Waals surface area contributed by atoms with Crippen LogP contribution in [0.3, 0.4) is 0 Å². The number of urea groups is 1. The molecule has 0 aromatic carbocycles. The Balaban J connectivity index is 1.02. The molecule has 6 heteroatoms. The minimum absolute atomic E-state index is 0.130. The molecule has 1 unspecified atom stereocenters. The molecular weight excluding hydrogens is 486 g/mol. The standard InChI is InChI=1S/C33H53N3O3/c1-22(5-10-30(38)34-17-19-35(20-18-34)31(39)36-16-13-23(36)2)27-8-9-28-26-7-6-24-21-25(37)11-14-32(24,3)29(26)12-15-33(27,28)4/h6,22-23,25-29,37H,5,7-21H2,1-4H3/t22?,23-,25-,26-,27+,28-,29-,32-,33+/m0/s1. The maximum atomic E-state index is 13.2. The Hall–Kier alpha value is -1.56. The van der Waals surface area contributed by atoms with Crippen molar-refractivity contribution in [2.45, 2.75) is 110 Å². The number of hydrogen-bond acceptors (Lipinski definition) is 3. The molecule has 6 aliphatic rings. The summed E-state index contributed by atoms with van der Waals surface area (Å²) in [7, 11) is 0. The molecule has 0 aromatic heterocycles. The van der Waals surface area contributed by atoms with E-state index in [0.29, 0.717) is 55.4 Å². The number of fused-ring (bicyclic) bond motifs is 5. The van der Waals surface area contributed by atoms with Gasteiger partial charge >= 0.3 is 6.03 Å². The van der Waals surface area contributed by atoms with Crippen LogP contribution >= 0.6 is 0 Å². The summed E-state index contributed by atoms with van der Waals surface area (Å²) in [4.78, 5) is 31.8. The lowest BCUT2D eigenvalue weighted by molar-refractivity contribution is -0.133. The van der Waals surface area contributed by atoms with Crippen molar-refractivity contribution in [2.75, 3.05) is 32.7 Å². The van der Waals surface area contributed by atoms with Gasteiger partial charge in [0.25, 0.3) is 0 Å². The van der Waals surface area contributed by atoms with Gasteiger partial charge in [-0.1, -0.05) is 32.4 Å². The van der Waals surface area contributed by atoms with Crippen molar-refractivity contribution >= 4 is 11.9 Å². The molecule has 9 atom stereocenters. The zero-order chi connectivity index (χ0) is 27.5. The van der Waals surface area contributed by atoms with Crippen LogP contribution < -0.4 is 0 Å². The van der Waals surface area contributed by atoms with E-state index in [2.05, 4.69) is 33.8 Å². The van der Waals surface area contributed by atoms with Crippen LogP contribution in [-0.2, 0) is 4.79 Å². The number of piperazine rings is 1. The second kappa shape index (κ2) is 10.4. The lowest BCUT2D eigenvalue weighted by Crippen LogP contribution is -2.59. The Bertz CT molecular complexity index is 989. The number of carbonyl (C=O) groups excluding carboxylic acids is 2. The van der Waals surface area contributed by atoms with Gasteiger partial charge in [0, 0.05) is 45.2 Å². The SMILES string of the molecule is CC(CCC(=O)N1CCN(C(=O)N2CC[C@@H]2C)CC1)[C@H]1CC[C@H]2[C@@H]3CC=C4C[C@@H](O)CC[C@]4(C)[C@H]3CC[C@]12C. The van der Waals surface area contributed by atoms with Gasteiger partial charge in [0.2, 0.25) is 5.91 Å². The molecule has 4 aliphatic carbocycles. The Morgan fingerprint density at radius 2 is 1.72 bits per heavy atom. The zero-order valence-electron chi connectivity index (χ0n) is 25.0. The number of likely N-dealkylation sites (tertiary alicyclic amines) is 1. The first-order valence-electron chi connectivity index (χ1n) is 16.3. The highest BCUT2D eigenvalue weighted by molar-refractivity contribution is 5.78. The van der Waals surface area contributed by atoms with E-state index in [9.17, 15) is 14.7 Å². The summed E-state index contributed by atoms with van der Waals surface area (Å²) in [6.07, 6.45) is 14.7. The Morgan fingerprint density at radius 3 is 2.41 bits per heavy atom. The topological polar surface area (TPSA) is 64.1 Å². The van der Waals surface area contributed by atoms with Crippen molar-refractivity contribution in [2.24, 2.45) is 40.4 Å². The molecule has 6 rings (SSSR count). The molecule has 0 aromatic rings. The van der Waals surface area contributed by atoms with Gasteiger partial charge in [0.1, 0.15) is 0 Å². The van der Waals surface area contributed by atoms with E-state index in [1.807, 2.05) is 14.7 Å². The fourth-order valence-corrected chi connectivity index (χ4v) is 10.5. The predicted octanol–water partition coefficient (Wildman–Crippen LogP) is 5.70. The fourth-order valence-electron chi connectivity index (χ4n) is 10.5. The summed E-state index contributed by atoms with van der Waals surface area (Å²) in [6.45, 7) is 13.2. The number of carbonyl (C=O) groups is 2. The lowest BCUT2D eigenvalue weighted by Gasteiger charge is -2.58. The second-order valence-electron chi connectivity index (χ2n) is 14.9. The Labute approximate surface area is 236 Å². The van der Waals surface area contributed by atoms with Crippen molar-refractivity contribution in [3.05, 3.63) is 11.6 Å². The van der Waals surface area contributed by atoms with Crippen molar-refractivity contribution in [3.8, 4) is 0 Å². The highest BCUT2D eigenvalue weighted by Gasteiger charge is 2.59. The molecule has 39 heavy (non-hydrogen) atoms. The van der Waals surface area contributed by atoms with Gasteiger partial charge in [-0.3, -0.25) is 4.79 Å². The molecule has 2 saturated heterocycles. The van der Waals surface area contributed by atoms with E-state index in [4.69, 9.17) is 0 Å². The van der Waals surface area contributed by atoms with E-state index in [-0.39, 0.29) is 18.0 Å². The maximum Gasteiger partial charge on any atom is 0.320 e. The van der Waals surface area contributed by atoms with Gasteiger partial charge in [-0.25, -0.2) is 4.79 Å². The van der Waals surface area contributed by atoms with Crippen molar-refractivity contribution in [3.63, 3.8) is 0 Å². The molecule has 0 bridgehead atoms. The van der Waals surface area contributed by atoms with Crippen LogP contribution in [0.5, 0.6) is 0 Å². The van der Waals surface area contributed by atoms with Crippen LogP contribution in [0.4, 0.5) is 4.79 Å². The third-order valence-electron chi connectivity index (χ3n) is 13.1. The first-order chi connectivity index (χ1) is 18.6. The van der Waals surface area contributed by atoms with Gasteiger partial charge in [0.05, 0.1) is 6.10 Å². The molecule has 5 fully saturated rings. The van der Waals surface area contributed by atoms with Crippen molar-refractivity contribution < 1.29 is 14.7 Å². The van der Waals surface area contributed by atoms with Crippen LogP contribution in [0.15, 0.2) is 11.6 Å². The molecule has 6 nitrogen and oxygen atoms in total. The summed E-state index contributed by atoms with van der Waals surface area (Å²) >= 11 is 0. The largest absolute Gasteiger partial charge is 0.393 e. The van der Waals surface area contributed by atoms with Gasteiger partial charge in [-0.2, -0.15) is 0 Å². The molecule has 0 radical (unpaired) electrons. The van der Waals surface area contributed by atoms with Crippen LogP contribution in [0.2, 0.25) is 0 Å². The monoisotopic (exact) mass is 539 g/mol. The number of nitrogens with zero attached hydrogens (tertiary/aromatic N) is 3. The average molecular weight is 540 g/mol. The highest BCUT2D eigenvalue weighted by Crippen LogP contribution is 2.67. The lowest BCUT2D eigenvalue weighted by atomic mass is 9.47. The zero-order valence-corrected chi connectivity index (χ0v) is 25.0. The average Bonchev–Trinajstić information content (AvgIpc) is 3.28. The number of rotatable bonds is 4. The molecule has 3 saturated carbocycles. The normalized spacial score (nSPS) is 42.6. The number of aliphatic hydroxyl groups is 1. The van der Waals surface area contributed by atoms with E-state index in [0.717, 1.165) is 62.3 Å². The fraction of sp³-hybridized carbons (Fsp3) is 0.879. The van der Waals surface area contributed by atoms with E-state index in [1.165, 1.54) is 32.1 Å². The van der Waals surface area contributed by atoms with Crippen molar-refractivity contribution in [1.82, 2.24) is 14.7 Å². The molecule has 3 amide bonds. The summed E-state index contributed by atoms with van der Waals surface area (Å²) in [5, 5.41) is 10.3. The van der Waals surface area contributed by atoms with Gasteiger partial charge in [-0.15, -0.1) is 0 Å². The third kappa shape index (κ3) is 4.65. The minimum atomic E-state index is -0.130. The molecule has 2 heterocycles. The number of amides is 3. The summed E-state index contributed by atoms with van der Waals surface area (Å²) in [6, 6.07) is 0.523. The van der Waals surface area contributed by atoms with E-state index in [1.54, 1.807) is 5.57 Å². The van der Waals surface area contributed by atoms with Crippen LogP contribution in [0.1, 0.15) is 98.3 Å². The number of allylic oxidation sites excluding steroid dienone is 1. The summed E-state index contributed by atoms with van der Waals surface area (Å²) in [5.41, 5.74) is 2.27. The molecule has 1 N–H and O–H groups in total. The highest BCUT2D eigenvalue weighted by atomic mass is 16.3. The third-order valence-corrected chi connectivity index (χ3v) is 13.1. The summed E-state index contributed by atoms with van der Waals surface area (Å²) < 4.78 is 0. The second-order valence-corrected chi connectivity index (χ2v) is 14.9. The van der Waals surface area contributed by atoms with Gasteiger partial charge in [-0.05, 0) is 112 Å². The molecular formula is C33H53N3O3. The first-order valence-corrected chi connectivity index (χ1v) is 16.3. The summed E-state index contributed by atoms with van der Waals surface area (Å²) in [5.74, 6) is 3.97. The quantitative estimate of drug-likeness (QED) is 0.466. The Morgan fingerprint density at radius 1 is 0.974 bits per heavy atom. The Kier molecular flexibility index (Phi) is 7.34. The molecule has 218 valence electrons. The number of hydrogen-bond donors (Lipinski definition) is 1. The van der Waals surface area contributed by atoms with Crippen molar-refractivity contribution in [1.29, 1.82) is 0 Å². The van der Waals surface area contributed by atoms with Gasteiger partial charge in [0.15, 0.2) is 0 Å². The first kappa shape index (κ1) is 27.6. The number of aliphatic hydroxyl groups excluding tert-OH is 1. The maximum absolute atomic E-state index is 13.2. The predicted molar refractivity (Wildman–Crippen MR) is 154 cm³/mol.